The fourth-order valence-corrected chi connectivity index (χ4v) is 1.35. The molecule has 0 radical (unpaired) electrons. The minimum Gasteiger partial charge on any atom is -0.480 e. The molecule has 0 unspecified atom stereocenters. The van der Waals surface area contributed by atoms with Crippen LogP contribution in [-0.2, 0) is 4.79 Å². The first kappa shape index (κ1) is 13.9. The lowest BCUT2D eigenvalue weighted by atomic mass is 10.1. The molecule has 2 N–H and O–H groups in total. The first-order valence-corrected chi connectivity index (χ1v) is 5.31. The molecule has 0 atom stereocenters. The highest BCUT2D eigenvalue weighted by molar-refractivity contribution is 5.94. The minimum absolute atomic E-state index is 0.00535. The summed E-state index contributed by atoms with van der Waals surface area (Å²) in [5.41, 5.74) is -1.08. The van der Waals surface area contributed by atoms with Crippen LogP contribution in [0, 0.1) is 0 Å². The number of H-pyrrole nitrogens is 1. The number of nitrogens with zero attached hydrogens (tertiary/aromatic N) is 2. The van der Waals surface area contributed by atoms with E-state index in [1.165, 1.54) is 17.0 Å². The number of aromatic nitrogens is 2. The monoisotopic (exact) mass is 253 g/mol. The van der Waals surface area contributed by atoms with E-state index < -0.39 is 29.5 Å². The van der Waals surface area contributed by atoms with Crippen LogP contribution in [0.15, 0.2) is 16.9 Å². The Morgan fingerprint density at radius 2 is 2.00 bits per heavy atom. The second-order valence-electron chi connectivity index (χ2n) is 4.76. The van der Waals surface area contributed by atoms with E-state index in [-0.39, 0.29) is 5.69 Å². The molecule has 1 aromatic heterocycles. The molecule has 1 rings (SSSR count). The van der Waals surface area contributed by atoms with Crippen LogP contribution < -0.4 is 5.56 Å². The summed E-state index contributed by atoms with van der Waals surface area (Å²) < 4.78 is 0. The summed E-state index contributed by atoms with van der Waals surface area (Å²) in [5, 5.41) is 14.6. The molecule has 0 aliphatic rings. The highest BCUT2D eigenvalue weighted by Gasteiger charge is 2.29. The van der Waals surface area contributed by atoms with Gasteiger partial charge in [0, 0.05) is 11.6 Å². The van der Waals surface area contributed by atoms with E-state index in [1.54, 1.807) is 20.8 Å². The van der Waals surface area contributed by atoms with Gasteiger partial charge in [-0.1, -0.05) is 0 Å². The average molecular weight is 253 g/mol. The highest BCUT2D eigenvalue weighted by atomic mass is 16.4. The molecule has 0 aromatic carbocycles. The maximum absolute atomic E-state index is 12.1. The van der Waals surface area contributed by atoms with Crippen molar-refractivity contribution >= 4 is 11.9 Å². The van der Waals surface area contributed by atoms with Crippen LogP contribution in [0.2, 0.25) is 0 Å². The zero-order valence-corrected chi connectivity index (χ0v) is 10.4. The van der Waals surface area contributed by atoms with Gasteiger partial charge in [-0.05, 0) is 26.8 Å². The third kappa shape index (κ3) is 3.41. The normalized spacial score (nSPS) is 11.1. The lowest BCUT2D eigenvalue weighted by Gasteiger charge is -2.33. The van der Waals surface area contributed by atoms with E-state index in [4.69, 9.17) is 5.11 Å². The van der Waals surface area contributed by atoms with Gasteiger partial charge in [-0.2, -0.15) is 5.10 Å². The Morgan fingerprint density at radius 1 is 1.39 bits per heavy atom. The quantitative estimate of drug-likeness (QED) is 0.794. The third-order valence-corrected chi connectivity index (χ3v) is 2.25. The summed E-state index contributed by atoms with van der Waals surface area (Å²) in [6.07, 6.45) is 0. The van der Waals surface area contributed by atoms with Gasteiger partial charge in [0.25, 0.3) is 11.5 Å². The molecular formula is C11H15N3O4. The molecule has 0 bridgehead atoms. The maximum atomic E-state index is 12.1. The molecule has 18 heavy (non-hydrogen) atoms. The molecule has 7 heteroatoms. The van der Waals surface area contributed by atoms with Gasteiger partial charge in [-0.15, -0.1) is 0 Å². The van der Waals surface area contributed by atoms with Crippen LogP contribution in [0.1, 0.15) is 31.3 Å². The van der Waals surface area contributed by atoms with Crippen LogP contribution in [0.25, 0.3) is 0 Å². The first-order valence-electron chi connectivity index (χ1n) is 5.31. The van der Waals surface area contributed by atoms with Gasteiger partial charge in [-0.25, -0.2) is 5.10 Å². The van der Waals surface area contributed by atoms with Crippen molar-refractivity contribution in [3.8, 4) is 0 Å². The van der Waals surface area contributed by atoms with E-state index in [0.29, 0.717) is 0 Å². The predicted molar refractivity (Wildman–Crippen MR) is 63.3 cm³/mol. The van der Waals surface area contributed by atoms with Gasteiger partial charge in [0.1, 0.15) is 12.2 Å². The van der Waals surface area contributed by atoms with Gasteiger partial charge >= 0.3 is 5.97 Å². The summed E-state index contributed by atoms with van der Waals surface area (Å²) in [6, 6.07) is 2.43. The van der Waals surface area contributed by atoms with Crippen molar-refractivity contribution in [1.29, 1.82) is 0 Å². The minimum atomic E-state index is -1.11. The number of aromatic amines is 1. The maximum Gasteiger partial charge on any atom is 0.323 e. The van der Waals surface area contributed by atoms with Crippen LogP contribution in [-0.4, -0.2) is 44.2 Å². The molecule has 0 spiro atoms. The zero-order chi connectivity index (χ0) is 13.9. The Hall–Kier alpha value is -2.18. The number of hydrogen-bond acceptors (Lipinski definition) is 4. The van der Waals surface area contributed by atoms with Crippen molar-refractivity contribution in [1.82, 2.24) is 15.1 Å². The highest BCUT2D eigenvalue weighted by Crippen LogP contribution is 2.15. The lowest BCUT2D eigenvalue weighted by molar-refractivity contribution is -0.138. The SMILES string of the molecule is CC(C)(C)N(CC(=O)O)C(=O)c1ccc(=O)[nH]n1. The molecule has 1 aromatic rings. The van der Waals surface area contributed by atoms with Crippen LogP contribution >= 0.6 is 0 Å². The van der Waals surface area contributed by atoms with Gasteiger partial charge < -0.3 is 10.0 Å². The second kappa shape index (κ2) is 4.99. The molecular weight excluding hydrogens is 238 g/mol. The first-order chi connectivity index (χ1) is 8.21. The van der Waals surface area contributed by atoms with Crippen molar-refractivity contribution < 1.29 is 14.7 Å². The Balaban J connectivity index is 3.06. The Bertz CT molecular complexity index is 495. The van der Waals surface area contributed by atoms with Gasteiger partial charge in [0.2, 0.25) is 0 Å². The summed E-state index contributed by atoms with van der Waals surface area (Å²) >= 11 is 0. The summed E-state index contributed by atoms with van der Waals surface area (Å²) in [6.45, 7) is 4.74. The second-order valence-corrected chi connectivity index (χ2v) is 4.76. The van der Waals surface area contributed by atoms with Crippen LogP contribution in [0.4, 0.5) is 0 Å². The third-order valence-electron chi connectivity index (χ3n) is 2.25. The standard InChI is InChI=1S/C11H15N3O4/c1-11(2,3)14(6-9(16)17)10(18)7-4-5-8(15)13-12-7/h4-5H,6H2,1-3H3,(H,13,15)(H,16,17). The van der Waals surface area contributed by atoms with Crippen molar-refractivity contribution in [2.45, 2.75) is 26.3 Å². The van der Waals surface area contributed by atoms with Crippen molar-refractivity contribution in [3.63, 3.8) is 0 Å². The van der Waals surface area contributed by atoms with Gasteiger partial charge in [0.15, 0.2) is 0 Å². The van der Waals surface area contributed by atoms with E-state index in [9.17, 15) is 14.4 Å². The van der Waals surface area contributed by atoms with Crippen LogP contribution in [0.3, 0.4) is 0 Å². The number of carbonyl (C=O) groups is 2. The zero-order valence-electron chi connectivity index (χ0n) is 10.4. The van der Waals surface area contributed by atoms with Gasteiger partial charge in [0.05, 0.1) is 0 Å². The number of carboxylic acids is 1. The number of hydrogen-bond donors (Lipinski definition) is 2. The van der Waals surface area contributed by atoms with Crippen molar-refractivity contribution in [2.24, 2.45) is 0 Å². The largest absolute Gasteiger partial charge is 0.480 e. The van der Waals surface area contributed by atoms with E-state index in [1.807, 2.05) is 0 Å². The van der Waals surface area contributed by atoms with E-state index in [2.05, 4.69) is 10.2 Å². The molecule has 98 valence electrons. The summed E-state index contributed by atoms with van der Waals surface area (Å²) in [4.78, 5) is 34.9. The number of nitrogens with one attached hydrogen (secondary N) is 1. The fourth-order valence-electron chi connectivity index (χ4n) is 1.35. The molecule has 0 saturated heterocycles. The Kier molecular flexibility index (Phi) is 3.85. The number of carbonyl (C=O) groups excluding carboxylic acids is 1. The van der Waals surface area contributed by atoms with E-state index in [0.717, 1.165) is 0 Å². The molecule has 0 aliphatic carbocycles. The predicted octanol–water partition coefficient (Wildman–Crippen LogP) is 0.0952. The van der Waals surface area contributed by atoms with Crippen molar-refractivity contribution in [2.75, 3.05) is 6.54 Å². The van der Waals surface area contributed by atoms with E-state index >= 15 is 0 Å². The Morgan fingerprint density at radius 3 is 2.39 bits per heavy atom. The topological polar surface area (TPSA) is 103 Å². The summed E-state index contributed by atoms with van der Waals surface area (Å²) in [7, 11) is 0. The van der Waals surface area contributed by atoms with Crippen molar-refractivity contribution in [3.05, 3.63) is 28.2 Å². The molecule has 0 fully saturated rings. The molecule has 7 nitrogen and oxygen atoms in total. The summed E-state index contributed by atoms with van der Waals surface area (Å²) in [5.74, 6) is -1.65. The Labute approximate surface area is 103 Å². The fraction of sp³-hybridized carbons (Fsp3) is 0.455. The molecule has 0 saturated carbocycles. The van der Waals surface area contributed by atoms with Gasteiger partial charge in [-0.3, -0.25) is 14.4 Å². The lowest BCUT2D eigenvalue weighted by Crippen LogP contribution is -2.48. The smallest absolute Gasteiger partial charge is 0.323 e. The number of amides is 1. The molecule has 0 aliphatic heterocycles. The molecule has 1 heterocycles. The van der Waals surface area contributed by atoms with Crippen LogP contribution in [0.5, 0.6) is 0 Å². The number of rotatable bonds is 3. The number of aliphatic carboxylic acids is 1. The molecule has 1 amide bonds. The average Bonchev–Trinajstić information content (AvgIpc) is 2.24. The number of carboxylic acid groups (broad SMARTS) is 1.